The summed E-state index contributed by atoms with van der Waals surface area (Å²) in [5, 5.41) is 3.44. The second-order valence-corrected chi connectivity index (χ2v) is 4.93. The van der Waals surface area contributed by atoms with Crippen molar-refractivity contribution < 1.29 is 4.74 Å². The minimum absolute atomic E-state index is 0.0147. The first-order chi connectivity index (χ1) is 7.21. The fourth-order valence-corrected chi connectivity index (χ4v) is 2.88. The van der Waals surface area contributed by atoms with Gasteiger partial charge in [0, 0.05) is 19.0 Å². The highest BCUT2D eigenvalue weighted by Gasteiger charge is 2.44. The fourth-order valence-electron chi connectivity index (χ4n) is 2.88. The molecular weight excluding hydrogens is 186 g/mol. The lowest BCUT2D eigenvalue weighted by Crippen LogP contribution is -2.39. The second kappa shape index (κ2) is 3.06. The predicted molar refractivity (Wildman–Crippen MR) is 60.0 cm³/mol. The highest BCUT2D eigenvalue weighted by atomic mass is 16.5. The smallest absolute Gasteiger partial charge is 0.0863 e. The molecule has 1 saturated heterocycles. The van der Waals surface area contributed by atoms with E-state index in [4.69, 9.17) is 4.74 Å². The third-order valence-corrected chi connectivity index (χ3v) is 3.93. The van der Waals surface area contributed by atoms with Gasteiger partial charge >= 0.3 is 0 Å². The van der Waals surface area contributed by atoms with Gasteiger partial charge in [0.15, 0.2) is 0 Å². The molecular formula is C13H17NO. The lowest BCUT2D eigenvalue weighted by atomic mass is 9.80. The molecule has 1 aromatic rings. The molecule has 0 amide bonds. The van der Waals surface area contributed by atoms with Crippen LogP contribution in [0.2, 0.25) is 0 Å². The monoisotopic (exact) mass is 203 g/mol. The molecule has 0 bridgehead atoms. The Balaban J connectivity index is 2.13. The Bertz CT molecular complexity index is 402. The van der Waals surface area contributed by atoms with Crippen molar-refractivity contribution >= 4 is 0 Å². The van der Waals surface area contributed by atoms with Gasteiger partial charge in [0.2, 0.25) is 0 Å². The van der Waals surface area contributed by atoms with Crippen LogP contribution in [0.4, 0.5) is 0 Å². The van der Waals surface area contributed by atoms with Crippen LogP contribution in [-0.2, 0) is 11.3 Å². The molecule has 2 heterocycles. The number of ether oxygens (including phenoxy) is 1. The summed E-state index contributed by atoms with van der Waals surface area (Å²) in [7, 11) is 0. The summed E-state index contributed by atoms with van der Waals surface area (Å²) in [5.41, 5.74) is 4.28. The van der Waals surface area contributed by atoms with Crippen molar-refractivity contribution in [1.82, 2.24) is 5.32 Å². The number of benzene rings is 1. The van der Waals surface area contributed by atoms with Gasteiger partial charge in [-0.05, 0) is 30.5 Å². The first-order valence-corrected chi connectivity index (χ1v) is 5.64. The first kappa shape index (κ1) is 9.37. The van der Waals surface area contributed by atoms with Crippen molar-refractivity contribution in [2.75, 3.05) is 13.1 Å². The van der Waals surface area contributed by atoms with E-state index in [-0.39, 0.29) is 5.60 Å². The lowest BCUT2D eigenvalue weighted by Gasteiger charge is -2.37. The normalized spacial score (nSPS) is 33.6. The van der Waals surface area contributed by atoms with E-state index in [1.165, 1.54) is 16.7 Å². The highest BCUT2D eigenvalue weighted by molar-refractivity contribution is 5.40. The van der Waals surface area contributed by atoms with Crippen molar-refractivity contribution in [2.24, 2.45) is 0 Å². The van der Waals surface area contributed by atoms with Crippen molar-refractivity contribution in [3.8, 4) is 0 Å². The van der Waals surface area contributed by atoms with E-state index in [0.717, 1.165) is 19.7 Å². The SMILES string of the molecule is Cc1cccc2c1CO[C@@]1(C)CNC[C@@H]21. The summed E-state index contributed by atoms with van der Waals surface area (Å²) < 4.78 is 6.03. The van der Waals surface area contributed by atoms with E-state index in [1.54, 1.807) is 0 Å². The van der Waals surface area contributed by atoms with E-state index in [0.29, 0.717) is 5.92 Å². The zero-order valence-electron chi connectivity index (χ0n) is 9.34. The van der Waals surface area contributed by atoms with Crippen LogP contribution in [0, 0.1) is 6.92 Å². The molecule has 80 valence electrons. The van der Waals surface area contributed by atoms with Crippen LogP contribution in [0.5, 0.6) is 0 Å². The quantitative estimate of drug-likeness (QED) is 0.696. The number of hydrogen-bond donors (Lipinski definition) is 1. The van der Waals surface area contributed by atoms with Crippen molar-refractivity contribution in [2.45, 2.75) is 32.0 Å². The number of aryl methyl sites for hydroxylation is 1. The molecule has 0 aliphatic carbocycles. The maximum absolute atomic E-state index is 6.03. The number of hydrogen-bond acceptors (Lipinski definition) is 2. The van der Waals surface area contributed by atoms with Crippen molar-refractivity contribution in [3.05, 3.63) is 34.9 Å². The Labute approximate surface area is 90.6 Å². The van der Waals surface area contributed by atoms with Crippen LogP contribution in [0.25, 0.3) is 0 Å². The molecule has 0 aromatic heterocycles. The standard InChI is InChI=1S/C13H17NO/c1-9-4-3-5-10-11(9)7-15-13(2)8-14-6-12(10)13/h3-5,12,14H,6-8H2,1-2H3/t12-,13-/m0/s1. The Kier molecular flexibility index (Phi) is 1.91. The van der Waals surface area contributed by atoms with E-state index in [9.17, 15) is 0 Å². The molecule has 1 fully saturated rings. The number of rotatable bonds is 0. The Morgan fingerprint density at radius 1 is 1.47 bits per heavy atom. The highest BCUT2D eigenvalue weighted by Crippen LogP contribution is 2.41. The van der Waals surface area contributed by atoms with Gasteiger partial charge in [0.05, 0.1) is 12.2 Å². The summed E-state index contributed by atoms with van der Waals surface area (Å²) in [5.74, 6) is 0.529. The number of fused-ring (bicyclic) bond motifs is 3. The third kappa shape index (κ3) is 1.25. The van der Waals surface area contributed by atoms with E-state index in [1.807, 2.05) is 0 Å². The largest absolute Gasteiger partial charge is 0.369 e. The molecule has 15 heavy (non-hydrogen) atoms. The summed E-state index contributed by atoms with van der Waals surface area (Å²) in [4.78, 5) is 0. The van der Waals surface area contributed by atoms with Crippen LogP contribution in [0.3, 0.4) is 0 Å². The van der Waals surface area contributed by atoms with E-state index >= 15 is 0 Å². The fraction of sp³-hybridized carbons (Fsp3) is 0.538. The molecule has 2 aliphatic heterocycles. The Hall–Kier alpha value is -0.860. The summed E-state index contributed by atoms with van der Waals surface area (Å²) in [6.07, 6.45) is 0. The van der Waals surface area contributed by atoms with Gasteiger partial charge < -0.3 is 10.1 Å². The zero-order chi connectivity index (χ0) is 10.5. The summed E-state index contributed by atoms with van der Waals surface area (Å²) in [6, 6.07) is 6.60. The predicted octanol–water partition coefficient (Wildman–Crippen LogP) is 1.97. The molecule has 0 saturated carbocycles. The zero-order valence-corrected chi connectivity index (χ0v) is 9.34. The maximum atomic E-state index is 6.03. The van der Waals surface area contributed by atoms with Crippen LogP contribution in [0.1, 0.15) is 29.5 Å². The average molecular weight is 203 g/mol. The van der Waals surface area contributed by atoms with Gasteiger partial charge in [0.1, 0.15) is 0 Å². The number of nitrogens with one attached hydrogen (secondary N) is 1. The molecule has 1 aromatic carbocycles. The molecule has 2 heteroatoms. The van der Waals surface area contributed by atoms with Crippen LogP contribution in [0.15, 0.2) is 18.2 Å². The first-order valence-electron chi connectivity index (χ1n) is 5.64. The minimum atomic E-state index is 0.0147. The van der Waals surface area contributed by atoms with Gasteiger partial charge in [-0.15, -0.1) is 0 Å². The third-order valence-electron chi connectivity index (χ3n) is 3.93. The molecule has 3 rings (SSSR count). The Morgan fingerprint density at radius 2 is 2.33 bits per heavy atom. The maximum Gasteiger partial charge on any atom is 0.0863 e. The molecule has 2 nitrogen and oxygen atoms in total. The van der Waals surface area contributed by atoms with Gasteiger partial charge in [-0.1, -0.05) is 18.2 Å². The molecule has 1 N–H and O–H groups in total. The molecule has 0 radical (unpaired) electrons. The lowest BCUT2D eigenvalue weighted by molar-refractivity contribution is -0.0520. The van der Waals surface area contributed by atoms with Gasteiger partial charge in [-0.2, -0.15) is 0 Å². The van der Waals surface area contributed by atoms with Gasteiger partial charge in [-0.3, -0.25) is 0 Å². The molecule has 2 aliphatic rings. The average Bonchev–Trinajstić information content (AvgIpc) is 2.60. The van der Waals surface area contributed by atoms with E-state index < -0.39 is 0 Å². The second-order valence-electron chi connectivity index (χ2n) is 4.93. The molecule has 0 spiro atoms. The summed E-state index contributed by atoms with van der Waals surface area (Å²) >= 11 is 0. The van der Waals surface area contributed by atoms with Crippen molar-refractivity contribution in [3.63, 3.8) is 0 Å². The van der Waals surface area contributed by atoms with Crippen molar-refractivity contribution in [1.29, 1.82) is 0 Å². The summed E-state index contributed by atoms with van der Waals surface area (Å²) in [6.45, 7) is 7.20. The topological polar surface area (TPSA) is 21.3 Å². The van der Waals surface area contributed by atoms with Gasteiger partial charge in [0.25, 0.3) is 0 Å². The van der Waals surface area contributed by atoms with Crippen LogP contribution >= 0.6 is 0 Å². The Morgan fingerprint density at radius 3 is 3.20 bits per heavy atom. The molecule has 0 unspecified atom stereocenters. The molecule has 2 atom stereocenters. The van der Waals surface area contributed by atoms with Crippen LogP contribution < -0.4 is 5.32 Å². The minimum Gasteiger partial charge on any atom is -0.369 e. The van der Waals surface area contributed by atoms with E-state index in [2.05, 4.69) is 37.4 Å². The van der Waals surface area contributed by atoms with Gasteiger partial charge in [-0.25, -0.2) is 0 Å². The van der Waals surface area contributed by atoms with Crippen LogP contribution in [-0.4, -0.2) is 18.7 Å².